The average Bonchev–Trinajstić information content (AvgIpc) is 2.95. The molecule has 0 aromatic heterocycles. The number of nitrogens with one attached hydrogen (secondary N) is 1. The zero-order valence-corrected chi connectivity index (χ0v) is 20.4. The Morgan fingerprint density at radius 1 is 0.694 bits per heavy atom. The fourth-order valence-electron chi connectivity index (χ4n) is 4.56. The van der Waals surface area contributed by atoms with Crippen LogP contribution in [0, 0.1) is 0 Å². The molecular formula is C31H29NO4. The predicted octanol–water partition coefficient (Wildman–Crippen LogP) is 4.93. The molecule has 1 amide bonds. The van der Waals surface area contributed by atoms with E-state index in [4.69, 9.17) is 9.47 Å². The van der Waals surface area contributed by atoms with Crippen LogP contribution >= 0.6 is 0 Å². The Morgan fingerprint density at radius 3 is 1.64 bits per heavy atom. The molecule has 0 unspecified atom stereocenters. The van der Waals surface area contributed by atoms with Gasteiger partial charge in [0.25, 0.3) is 0 Å². The Balaban J connectivity index is 1.87. The molecule has 4 aromatic rings. The zero-order valence-electron chi connectivity index (χ0n) is 20.4. The smallest absolute Gasteiger partial charge is 0.328 e. The number of ether oxygens (including phenoxy) is 2. The number of benzene rings is 4. The van der Waals surface area contributed by atoms with Crippen LogP contribution in [0.2, 0.25) is 0 Å². The largest absolute Gasteiger partial charge is 0.497 e. The Labute approximate surface area is 211 Å². The molecule has 0 saturated carbocycles. The molecule has 1 atom stereocenters. The second-order valence-corrected chi connectivity index (χ2v) is 8.45. The second-order valence-electron chi connectivity index (χ2n) is 8.45. The summed E-state index contributed by atoms with van der Waals surface area (Å²) < 4.78 is 10.4. The lowest BCUT2D eigenvalue weighted by molar-refractivity contribution is -0.145. The van der Waals surface area contributed by atoms with Crippen LogP contribution in [0.25, 0.3) is 0 Å². The summed E-state index contributed by atoms with van der Waals surface area (Å²) in [5.41, 5.74) is 2.01. The summed E-state index contributed by atoms with van der Waals surface area (Å²) in [6, 6.07) is 35.3. The molecule has 1 N–H and O–H groups in total. The molecule has 4 rings (SSSR count). The Morgan fingerprint density at radius 2 is 1.17 bits per heavy atom. The molecule has 0 aliphatic heterocycles. The molecule has 5 heteroatoms. The molecule has 0 heterocycles. The number of carbonyl (C=O) groups excluding carboxylic acids is 2. The molecule has 182 valence electrons. The fourth-order valence-corrected chi connectivity index (χ4v) is 4.56. The molecule has 5 nitrogen and oxygen atoms in total. The highest BCUT2D eigenvalue weighted by molar-refractivity contribution is 5.98. The number of esters is 1. The van der Waals surface area contributed by atoms with Crippen molar-refractivity contribution in [3.05, 3.63) is 138 Å². The highest BCUT2D eigenvalue weighted by atomic mass is 16.5. The van der Waals surface area contributed by atoms with Crippen molar-refractivity contribution < 1.29 is 19.1 Å². The molecule has 4 aromatic carbocycles. The van der Waals surface area contributed by atoms with Crippen molar-refractivity contribution in [1.82, 2.24) is 5.32 Å². The van der Waals surface area contributed by atoms with Gasteiger partial charge < -0.3 is 14.8 Å². The van der Waals surface area contributed by atoms with Gasteiger partial charge in [0.15, 0.2) is 0 Å². The molecule has 0 spiro atoms. The quantitative estimate of drug-likeness (QED) is 0.273. The lowest BCUT2D eigenvalue weighted by atomic mass is 9.68. The molecule has 0 aliphatic carbocycles. The van der Waals surface area contributed by atoms with Crippen molar-refractivity contribution in [2.45, 2.75) is 17.9 Å². The van der Waals surface area contributed by atoms with Crippen LogP contribution in [0.3, 0.4) is 0 Å². The van der Waals surface area contributed by atoms with E-state index in [0.29, 0.717) is 12.2 Å². The second kappa shape index (κ2) is 11.4. The Hall–Kier alpha value is -4.38. The first kappa shape index (κ1) is 24.7. The van der Waals surface area contributed by atoms with Crippen LogP contribution in [0.5, 0.6) is 5.75 Å². The van der Waals surface area contributed by atoms with Crippen molar-refractivity contribution in [2.24, 2.45) is 0 Å². The zero-order chi connectivity index (χ0) is 25.4. The standard InChI is InChI=1S/C31H29NO4/c1-35-27-20-18-26(19-21-27)31(24-14-8-4-9-15-24,25-16-10-5-11-17-25)30(34)32-28(29(33)36-2)22-23-12-6-3-7-13-23/h3-21,28H,22H2,1-2H3,(H,32,34)/t28-/m1/s1. The maximum Gasteiger partial charge on any atom is 0.328 e. The van der Waals surface area contributed by atoms with Crippen molar-refractivity contribution in [1.29, 1.82) is 0 Å². The van der Waals surface area contributed by atoms with E-state index < -0.39 is 17.4 Å². The number of hydrogen-bond donors (Lipinski definition) is 1. The maximum atomic E-state index is 14.5. The first-order chi connectivity index (χ1) is 17.6. The van der Waals surface area contributed by atoms with Gasteiger partial charge in [-0.1, -0.05) is 103 Å². The average molecular weight is 480 g/mol. The number of hydrogen-bond acceptors (Lipinski definition) is 4. The van der Waals surface area contributed by atoms with Gasteiger partial charge in [-0.25, -0.2) is 4.79 Å². The summed E-state index contributed by atoms with van der Waals surface area (Å²) in [7, 11) is 2.94. The summed E-state index contributed by atoms with van der Waals surface area (Å²) in [5, 5.41) is 3.04. The summed E-state index contributed by atoms with van der Waals surface area (Å²) in [4.78, 5) is 27.3. The van der Waals surface area contributed by atoms with Gasteiger partial charge in [-0.2, -0.15) is 0 Å². The van der Waals surface area contributed by atoms with Gasteiger partial charge in [0, 0.05) is 6.42 Å². The highest BCUT2D eigenvalue weighted by Crippen LogP contribution is 2.40. The van der Waals surface area contributed by atoms with Crippen LogP contribution in [0.15, 0.2) is 115 Å². The third-order valence-corrected chi connectivity index (χ3v) is 6.35. The van der Waals surface area contributed by atoms with Crippen molar-refractivity contribution >= 4 is 11.9 Å². The number of rotatable bonds is 9. The van der Waals surface area contributed by atoms with Crippen molar-refractivity contribution in [3.63, 3.8) is 0 Å². The molecule has 0 bridgehead atoms. The Bertz CT molecular complexity index is 1230. The lowest BCUT2D eigenvalue weighted by Gasteiger charge is -2.35. The van der Waals surface area contributed by atoms with Gasteiger partial charge in [0.05, 0.1) is 14.2 Å². The van der Waals surface area contributed by atoms with E-state index in [1.54, 1.807) is 7.11 Å². The van der Waals surface area contributed by atoms with Crippen molar-refractivity contribution in [2.75, 3.05) is 14.2 Å². The van der Waals surface area contributed by atoms with Crippen LogP contribution in [0.1, 0.15) is 22.3 Å². The number of carbonyl (C=O) groups is 2. The summed E-state index contributed by atoms with van der Waals surface area (Å²) in [5.74, 6) is -0.140. The Kier molecular flexibility index (Phi) is 7.81. The fraction of sp³-hybridized carbons (Fsp3) is 0.161. The van der Waals surface area contributed by atoms with Gasteiger partial charge in [0.2, 0.25) is 5.91 Å². The van der Waals surface area contributed by atoms with E-state index in [2.05, 4.69) is 5.32 Å². The minimum Gasteiger partial charge on any atom is -0.497 e. The lowest BCUT2D eigenvalue weighted by Crippen LogP contribution is -2.52. The van der Waals surface area contributed by atoms with Gasteiger partial charge in [-0.3, -0.25) is 4.79 Å². The molecule has 0 aliphatic rings. The SMILES string of the molecule is COC(=O)[C@@H](Cc1ccccc1)NC(=O)C(c1ccccc1)(c1ccccc1)c1ccc(OC)cc1. The summed E-state index contributed by atoms with van der Waals surface area (Å²) in [6.07, 6.45) is 0.307. The van der Waals surface area contributed by atoms with Gasteiger partial charge in [0.1, 0.15) is 17.2 Å². The first-order valence-electron chi connectivity index (χ1n) is 11.8. The van der Waals surface area contributed by atoms with E-state index in [0.717, 1.165) is 22.3 Å². The van der Waals surface area contributed by atoms with E-state index in [-0.39, 0.29) is 5.91 Å². The summed E-state index contributed by atoms with van der Waals surface area (Å²) >= 11 is 0. The minimum absolute atomic E-state index is 0.307. The van der Waals surface area contributed by atoms with E-state index in [9.17, 15) is 9.59 Å². The predicted molar refractivity (Wildman–Crippen MR) is 140 cm³/mol. The molecule has 0 radical (unpaired) electrons. The highest BCUT2D eigenvalue weighted by Gasteiger charge is 2.45. The molecular weight excluding hydrogens is 450 g/mol. The first-order valence-corrected chi connectivity index (χ1v) is 11.8. The van der Waals surface area contributed by atoms with Crippen LogP contribution in [-0.2, 0) is 26.2 Å². The van der Waals surface area contributed by atoms with Gasteiger partial charge >= 0.3 is 5.97 Å². The number of amides is 1. The minimum atomic E-state index is -1.22. The van der Waals surface area contributed by atoms with Crippen LogP contribution < -0.4 is 10.1 Å². The summed E-state index contributed by atoms with van der Waals surface area (Å²) in [6.45, 7) is 0. The molecule has 0 saturated heterocycles. The van der Waals surface area contributed by atoms with Crippen LogP contribution in [0.4, 0.5) is 0 Å². The van der Waals surface area contributed by atoms with E-state index in [1.165, 1.54) is 7.11 Å². The third-order valence-electron chi connectivity index (χ3n) is 6.35. The maximum absolute atomic E-state index is 14.5. The van der Waals surface area contributed by atoms with Gasteiger partial charge in [-0.05, 0) is 34.4 Å². The third kappa shape index (κ3) is 5.01. The molecule has 36 heavy (non-hydrogen) atoms. The van der Waals surface area contributed by atoms with Crippen LogP contribution in [-0.4, -0.2) is 32.1 Å². The topological polar surface area (TPSA) is 64.6 Å². The van der Waals surface area contributed by atoms with Crippen molar-refractivity contribution in [3.8, 4) is 5.75 Å². The molecule has 0 fully saturated rings. The van der Waals surface area contributed by atoms with E-state index in [1.807, 2.05) is 115 Å². The monoisotopic (exact) mass is 479 g/mol. The number of methoxy groups -OCH3 is 2. The normalized spacial score (nSPS) is 11.8. The van der Waals surface area contributed by atoms with Gasteiger partial charge in [-0.15, -0.1) is 0 Å². The van der Waals surface area contributed by atoms with E-state index >= 15 is 0 Å².